The number of rotatable bonds is 39. The van der Waals surface area contributed by atoms with Gasteiger partial charge in [-0.05, 0) is 147 Å². The number of imide groups is 1. The van der Waals surface area contributed by atoms with E-state index >= 15 is 0 Å². The Morgan fingerprint density at radius 1 is 0.521 bits per heavy atom. The first-order chi connectivity index (χ1) is 45.1. The van der Waals surface area contributed by atoms with Gasteiger partial charge < -0.3 is 63.5 Å². The minimum absolute atomic E-state index is 0.0815. The molecule has 1 heterocycles. The summed E-state index contributed by atoms with van der Waals surface area (Å²) in [5.41, 5.74) is 11.5. The highest BCUT2D eigenvalue weighted by Crippen LogP contribution is 2.22. The number of anilines is 2. The maximum absolute atomic E-state index is 13.4. The molecule has 2 aromatic carbocycles. The minimum atomic E-state index is -0.989. The van der Waals surface area contributed by atoms with Gasteiger partial charge >= 0.3 is 24.0 Å². The number of ketones is 1. The molecule has 2 aromatic rings. The Morgan fingerprint density at radius 2 is 0.896 bits per heavy atom. The van der Waals surface area contributed by atoms with Crippen molar-refractivity contribution < 1.29 is 71.8 Å². The van der Waals surface area contributed by atoms with Crippen molar-refractivity contribution in [3.05, 3.63) is 59.7 Å². The zero-order valence-corrected chi connectivity index (χ0v) is 59.4. The van der Waals surface area contributed by atoms with Crippen LogP contribution < -0.4 is 54.0 Å². The van der Waals surface area contributed by atoms with E-state index in [1.54, 1.807) is 111 Å². The molecule has 0 aromatic heterocycles. The zero-order chi connectivity index (χ0) is 72.7. The predicted molar refractivity (Wildman–Crippen MR) is 368 cm³/mol. The standard InChI is InChI=1S/C34H52N6O8.C34H55N5O7.C2H6/c1-21(2)28(39-26(41)12-8-7-9-18-40-27(42)19-22(3)31(40)45)30(44)38-25(11-10-17-36-33(35)47)29(43)37-24-15-13-23(14-16-24)20-48-32(46)34(4,5)6;1-7-13-26(40)14-10-8-9-11-16-28(41)39-29(23(2)3)31(43)38-27(15-12-21-36-33(35)45)30(42)37-25-19-17-24(18-20-25)22-46-32(44)34(4,5)6;1-2/h13-16,21-22,25,28H,7-12,17-20H2,1-6H3,(H,37,43)(H,38,44)(H,39,41)(H3,35,36,47);17-20,23,27,29H,7-16,21-22H2,1-6H3,(H,37,42)(H,38,43)(H,39,41)(H3,35,36,45);1-2H3/t22?,25-,28-;27-,29-;/m00./s1. The average Bonchev–Trinajstić information content (AvgIpc) is 1.64. The number of likely N-dealkylation sites (tertiary alicyclic amines) is 1. The van der Waals surface area contributed by atoms with Crippen LogP contribution in [0, 0.1) is 28.6 Å². The molecule has 0 bridgehead atoms. The van der Waals surface area contributed by atoms with Crippen LogP contribution in [0.4, 0.5) is 21.0 Å². The number of carbonyl (C=O) groups is 13. The Hall–Kier alpha value is -8.45. The van der Waals surface area contributed by atoms with Crippen LogP contribution >= 0.6 is 0 Å². The van der Waals surface area contributed by atoms with Crippen molar-refractivity contribution in [1.29, 1.82) is 0 Å². The van der Waals surface area contributed by atoms with Crippen molar-refractivity contribution in [2.75, 3.05) is 30.3 Å². The van der Waals surface area contributed by atoms with E-state index in [2.05, 4.69) is 42.5 Å². The first-order valence-electron chi connectivity index (χ1n) is 33.9. The molecule has 0 saturated carbocycles. The number of esters is 2. The molecule has 0 aliphatic carbocycles. The van der Waals surface area contributed by atoms with Gasteiger partial charge in [-0.15, -0.1) is 0 Å². The van der Waals surface area contributed by atoms with Gasteiger partial charge in [-0.25, -0.2) is 9.59 Å². The molecule has 1 saturated heterocycles. The number of urea groups is 2. The van der Waals surface area contributed by atoms with Crippen LogP contribution in [0.25, 0.3) is 0 Å². The lowest BCUT2D eigenvalue weighted by molar-refractivity contribution is -0.155. The van der Waals surface area contributed by atoms with Crippen molar-refractivity contribution in [2.45, 2.75) is 243 Å². The number of hydrogen-bond donors (Lipinski definition) is 10. The van der Waals surface area contributed by atoms with E-state index in [9.17, 15) is 62.3 Å². The highest BCUT2D eigenvalue weighted by molar-refractivity contribution is 6.03. The number of carbonyl (C=O) groups excluding carboxylic acids is 13. The molecular formula is C70H113N11O15. The molecule has 538 valence electrons. The van der Waals surface area contributed by atoms with Crippen LogP contribution in [-0.4, -0.2) is 126 Å². The van der Waals surface area contributed by atoms with E-state index < -0.39 is 70.7 Å². The molecule has 0 spiro atoms. The lowest BCUT2D eigenvalue weighted by Gasteiger charge is -2.25. The van der Waals surface area contributed by atoms with Gasteiger partial charge in [0.2, 0.25) is 47.3 Å². The predicted octanol–water partition coefficient (Wildman–Crippen LogP) is 8.27. The molecule has 1 aliphatic rings. The van der Waals surface area contributed by atoms with E-state index in [0.29, 0.717) is 69.3 Å². The Balaban J connectivity index is 0.000000937. The lowest BCUT2D eigenvalue weighted by atomic mass is 9.97. The molecule has 12 amide bonds. The second-order valence-corrected chi connectivity index (χ2v) is 26.6. The molecule has 26 nitrogen and oxygen atoms in total. The van der Waals surface area contributed by atoms with Gasteiger partial charge in [-0.3, -0.25) is 57.6 Å². The molecule has 1 aliphatic heterocycles. The van der Waals surface area contributed by atoms with Crippen molar-refractivity contribution in [3.8, 4) is 0 Å². The third-order valence-electron chi connectivity index (χ3n) is 15.0. The summed E-state index contributed by atoms with van der Waals surface area (Å²) < 4.78 is 10.7. The topological polar surface area (TPSA) is 392 Å². The number of benzene rings is 2. The highest BCUT2D eigenvalue weighted by Gasteiger charge is 2.35. The van der Waals surface area contributed by atoms with Gasteiger partial charge in [0, 0.05) is 69.0 Å². The van der Waals surface area contributed by atoms with Crippen molar-refractivity contribution >= 4 is 88.4 Å². The molecule has 26 heteroatoms. The fourth-order valence-corrected chi connectivity index (χ4v) is 9.40. The molecule has 96 heavy (non-hydrogen) atoms. The number of amides is 12. The summed E-state index contributed by atoms with van der Waals surface area (Å²) in [5.74, 6) is -4.09. The monoisotopic (exact) mass is 1350 g/mol. The van der Waals surface area contributed by atoms with Gasteiger partial charge in [0.15, 0.2) is 0 Å². The van der Waals surface area contributed by atoms with Gasteiger partial charge in [-0.2, -0.15) is 0 Å². The van der Waals surface area contributed by atoms with Crippen molar-refractivity contribution in [1.82, 2.24) is 36.8 Å². The normalized spacial score (nSPS) is 14.0. The number of primary amides is 2. The van der Waals surface area contributed by atoms with Crippen molar-refractivity contribution in [3.63, 3.8) is 0 Å². The van der Waals surface area contributed by atoms with E-state index in [4.69, 9.17) is 20.9 Å². The molecule has 5 atom stereocenters. The van der Waals surface area contributed by atoms with Crippen molar-refractivity contribution in [2.24, 2.45) is 40.1 Å². The minimum Gasteiger partial charge on any atom is -0.460 e. The number of nitrogens with zero attached hydrogens (tertiary/aromatic N) is 1. The summed E-state index contributed by atoms with van der Waals surface area (Å²) in [6.45, 7) is 26.4. The maximum atomic E-state index is 13.4. The Kier molecular flexibility index (Phi) is 40.2. The Morgan fingerprint density at radius 3 is 1.23 bits per heavy atom. The van der Waals surface area contributed by atoms with Gasteiger partial charge in [0.1, 0.15) is 43.2 Å². The number of hydrogen-bond acceptors (Lipinski definition) is 15. The molecule has 12 N–H and O–H groups in total. The molecular weight excluding hydrogens is 1230 g/mol. The second-order valence-electron chi connectivity index (χ2n) is 26.6. The first-order valence-corrected chi connectivity index (χ1v) is 33.9. The van der Waals surface area contributed by atoms with E-state index in [-0.39, 0.29) is 118 Å². The van der Waals surface area contributed by atoms with Crippen LogP contribution in [0.1, 0.15) is 217 Å². The third kappa shape index (κ3) is 35.3. The van der Waals surface area contributed by atoms with Crippen LogP contribution in [-0.2, 0) is 75.4 Å². The molecule has 1 unspecified atom stereocenters. The SMILES string of the molecule is CC.CC1CC(=O)N(CCCCCC(=O)N[C@H](C(=O)N[C@@H](CCCNC(N)=O)C(=O)Nc2ccc(COC(=O)C(C)(C)C)cc2)C(C)C)C1=O.CCCC(=O)CCCCCCC(=O)N[C@H](C(=O)N[C@@H](CCCNC(N)=O)C(=O)Nc1ccc(COC(=O)C(C)(C)C)cc1)C(C)C. The third-order valence-corrected chi connectivity index (χ3v) is 15.0. The zero-order valence-electron chi connectivity index (χ0n) is 59.4. The quantitative estimate of drug-likeness (QED) is 0.0171. The number of nitrogens with two attached hydrogens (primary N) is 2. The smallest absolute Gasteiger partial charge is 0.312 e. The fraction of sp³-hybridized carbons (Fsp3) is 0.643. The Bertz CT molecular complexity index is 2830. The largest absolute Gasteiger partial charge is 0.460 e. The lowest BCUT2D eigenvalue weighted by Crippen LogP contribution is -2.54. The molecule has 1 fully saturated rings. The molecule has 0 radical (unpaired) electrons. The summed E-state index contributed by atoms with van der Waals surface area (Å²) in [4.78, 5) is 162. The van der Waals surface area contributed by atoms with Gasteiger partial charge in [-0.1, -0.05) is 98.9 Å². The summed E-state index contributed by atoms with van der Waals surface area (Å²) >= 11 is 0. The summed E-state index contributed by atoms with van der Waals surface area (Å²) in [6, 6.07) is 8.44. The van der Waals surface area contributed by atoms with Crippen LogP contribution in [0.15, 0.2) is 48.5 Å². The van der Waals surface area contributed by atoms with E-state index in [1.807, 2.05) is 34.6 Å². The Labute approximate surface area is 568 Å². The second kappa shape index (κ2) is 45.1. The summed E-state index contributed by atoms with van der Waals surface area (Å²) in [5, 5.41) is 21.6. The number of nitrogens with one attached hydrogen (secondary N) is 8. The van der Waals surface area contributed by atoms with Gasteiger partial charge in [0.25, 0.3) is 0 Å². The average molecular weight is 1350 g/mol. The fourth-order valence-electron chi connectivity index (χ4n) is 9.40. The number of ether oxygens (including phenoxy) is 2. The van der Waals surface area contributed by atoms with E-state index in [0.717, 1.165) is 36.8 Å². The summed E-state index contributed by atoms with van der Waals surface area (Å²) in [7, 11) is 0. The van der Waals surface area contributed by atoms with Crippen LogP contribution in [0.5, 0.6) is 0 Å². The highest BCUT2D eigenvalue weighted by atomic mass is 16.5. The first kappa shape index (κ1) is 85.6. The number of Topliss-reactive ketones (excluding diaryl/α,β-unsaturated/α-hetero) is 1. The maximum Gasteiger partial charge on any atom is 0.312 e. The van der Waals surface area contributed by atoms with E-state index in [1.165, 1.54) is 4.90 Å². The van der Waals surface area contributed by atoms with Crippen LogP contribution in [0.3, 0.4) is 0 Å². The number of unbranched alkanes of at least 4 members (excludes halogenated alkanes) is 5. The summed E-state index contributed by atoms with van der Waals surface area (Å²) in [6.07, 6.45) is 8.64. The van der Waals surface area contributed by atoms with Crippen LogP contribution in [0.2, 0.25) is 0 Å². The molecule has 3 rings (SSSR count). The van der Waals surface area contributed by atoms with Gasteiger partial charge in [0.05, 0.1) is 10.8 Å².